The summed E-state index contributed by atoms with van der Waals surface area (Å²) in [5.74, 6) is 0.167. The molecule has 0 bridgehead atoms. The van der Waals surface area contributed by atoms with Crippen LogP contribution >= 0.6 is 0 Å². The molecule has 0 aliphatic carbocycles. The topological polar surface area (TPSA) is 96.7 Å². The molecular weight excluding hydrogens is 328 g/mol. The number of ketones is 1. The number of hydrogen-bond donors (Lipinski definition) is 0. The molecule has 0 spiro atoms. The molecule has 8 nitrogen and oxygen atoms in total. The smallest absolute Gasteiger partial charge is 0.313 e. The van der Waals surface area contributed by atoms with Crippen LogP contribution in [-0.2, 0) is 20.9 Å². The van der Waals surface area contributed by atoms with Crippen LogP contribution in [0.25, 0.3) is 11.3 Å². The van der Waals surface area contributed by atoms with E-state index >= 15 is 0 Å². The molecule has 0 radical (unpaired) electrons. The van der Waals surface area contributed by atoms with Gasteiger partial charge in [-0.15, -0.1) is 0 Å². The minimum absolute atomic E-state index is 0.161. The first-order chi connectivity index (χ1) is 12.1. The SMILES string of the molecule is CCOC(=O)CC(=O)Cn1nc(-c2ccc3c(c2)OCO3)ccc1=O. The summed E-state index contributed by atoms with van der Waals surface area (Å²) in [6.45, 7) is 1.72. The Balaban J connectivity index is 1.80. The summed E-state index contributed by atoms with van der Waals surface area (Å²) in [5, 5.41) is 4.20. The van der Waals surface area contributed by atoms with Crippen molar-refractivity contribution in [1.82, 2.24) is 9.78 Å². The molecule has 0 fully saturated rings. The molecule has 1 aliphatic rings. The van der Waals surface area contributed by atoms with E-state index in [1.54, 1.807) is 31.2 Å². The van der Waals surface area contributed by atoms with Gasteiger partial charge in [-0.25, -0.2) is 4.68 Å². The van der Waals surface area contributed by atoms with E-state index in [9.17, 15) is 14.4 Å². The molecule has 0 saturated heterocycles. The highest BCUT2D eigenvalue weighted by molar-refractivity contribution is 5.95. The molecule has 0 atom stereocenters. The Morgan fingerprint density at radius 1 is 1.20 bits per heavy atom. The predicted molar refractivity (Wildman–Crippen MR) is 86.3 cm³/mol. The number of benzene rings is 1. The first kappa shape index (κ1) is 16.7. The van der Waals surface area contributed by atoms with Gasteiger partial charge in [-0.1, -0.05) is 0 Å². The summed E-state index contributed by atoms with van der Waals surface area (Å²) in [6, 6.07) is 8.17. The van der Waals surface area contributed by atoms with E-state index in [0.717, 1.165) is 10.2 Å². The van der Waals surface area contributed by atoms with Gasteiger partial charge in [-0.2, -0.15) is 5.10 Å². The molecule has 130 valence electrons. The summed E-state index contributed by atoms with van der Waals surface area (Å²) in [4.78, 5) is 35.2. The van der Waals surface area contributed by atoms with Crippen molar-refractivity contribution in [1.29, 1.82) is 0 Å². The van der Waals surface area contributed by atoms with Crippen LogP contribution in [0.1, 0.15) is 13.3 Å². The van der Waals surface area contributed by atoms with Crippen molar-refractivity contribution >= 4 is 11.8 Å². The lowest BCUT2D eigenvalue weighted by molar-refractivity contribution is -0.145. The number of fused-ring (bicyclic) bond motifs is 1. The summed E-state index contributed by atoms with van der Waals surface area (Å²) in [5.41, 5.74) is 0.791. The van der Waals surface area contributed by atoms with Crippen LogP contribution in [0, 0.1) is 0 Å². The van der Waals surface area contributed by atoms with Crippen LogP contribution in [0.4, 0.5) is 0 Å². The Hall–Kier alpha value is -3.16. The molecule has 0 unspecified atom stereocenters. The van der Waals surface area contributed by atoms with Crippen LogP contribution in [-0.4, -0.2) is 34.9 Å². The predicted octanol–water partition coefficient (Wildman–Crippen LogP) is 1.16. The molecule has 8 heteroatoms. The van der Waals surface area contributed by atoms with E-state index in [1.165, 1.54) is 6.07 Å². The van der Waals surface area contributed by atoms with Crippen molar-refractivity contribution in [3.63, 3.8) is 0 Å². The summed E-state index contributed by atoms with van der Waals surface area (Å²) in [7, 11) is 0. The Labute approximate surface area is 142 Å². The molecule has 2 heterocycles. The third-order valence-electron chi connectivity index (χ3n) is 3.51. The quantitative estimate of drug-likeness (QED) is 0.573. The molecular formula is C17H16N2O6. The molecule has 2 aromatic rings. The number of carbonyl (C=O) groups is 2. The summed E-state index contributed by atoms with van der Waals surface area (Å²) in [6.07, 6.45) is -0.393. The van der Waals surface area contributed by atoms with E-state index in [0.29, 0.717) is 17.2 Å². The van der Waals surface area contributed by atoms with Gasteiger partial charge >= 0.3 is 5.97 Å². The highest BCUT2D eigenvalue weighted by Crippen LogP contribution is 2.35. The van der Waals surface area contributed by atoms with E-state index in [2.05, 4.69) is 5.10 Å². The molecule has 0 amide bonds. The number of esters is 1. The normalized spacial score (nSPS) is 12.0. The maximum atomic E-state index is 11.9. The van der Waals surface area contributed by atoms with Crippen LogP contribution in [0.2, 0.25) is 0 Å². The van der Waals surface area contributed by atoms with Gasteiger partial charge in [-0.05, 0) is 31.2 Å². The monoisotopic (exact) mass is 344 g/mol. The fourth-order valence-corrected chi connectivity index (χ4v) is 2.37. The van der Waals surface area contributed by atoms with Crippen molar-refractivity contribution in [2.75, 3.05) is 13.4 Å². The highest BCUT2D eigenvalue weighted by atomic mass is 16.7. The number of carbonyl (C=O) groups excluding carboxylic acids is 2. The van der Waals surface area contributed by atoms with Gasteiger partial charge in [-0.3, -0.25) is 14.4 Å². The van der Waals surface area contributed by atoms with Crippen LogP contribution in [0.5, 0.6) is 11.5 Å². The zero-order chi connectivity index (χ0) is 17.8. The van der Waals surface area contributed by atoms with Gasteiger partial charge in [0.1, 0.15) is 13.0 Å². The first-order valence-electron chi connectivity index (χ1n) is 7.72. The van der Waals surface area contributed by atoms with Crippen molar-refractivity contribution in [2.24, 2.45) is 0 Å². The maximum absolute atomic E-state index is 11.9. The molecule has 3 rings (SSSR count). The number of aromatic nitrogens is 2. The van der Waals surface area contributed by atoms with Crippen molar-refractivity contribution in [3.8, 4) is 22.8 Å². The molecule has 1 aromatic heterocycles. The third-order valence-corrected chi connectivity index (χ3v) is 3.51. The van der Waals surface area contributed by atoms with Gasteiger partial charge in [0.25, 0.3) is 5.56 Å². The number of rotatable bonds is 6. The molecule has 25 heavy (non-hydrogen) atoms. The van der Waals surface area contributed by atoms with E-state index < -0.39 is 23.7 Å². The van der Waals surface area contributed by atoms with Gasteiger partial charge in [0.15, 0.2) is 17.3 Å². The number of Topliss-reactive ketones (excluding diaryl/α,β-unsaturated/α-hetero) is 1. The lowest BCUT2D eigenvalue weighted by Gasteiger charge is -2.07. The zero-order valence-corrected chi connectivity index (χ0v) is 13.6. The summed E-state index contributed by atoms with van der Waals surface area (Å²) >= 11 is 0. The Bertz CT molecular complexity index is 874. The minimum Gasteiger partial charge on any atom is -0.466 e. The van der Waals surface area contributed by atoms with Crippen LogP contribution in [0.3, 0.4) is 0 Å². The lowest BCUT2D eigenvalue weighted by Crippen LogP contribution is -2.27. The van der Waals surface area contributed by atoms with E-state index in [1.807, 2.05) is 0 Å². The largest absolute Gasteiger partial charge is 0.466 e. The molecule has 0 N–H and O–H groups in total. The van der Waals surface area contributed by atoms with Crippen LogP contribution in [0.15, 0.2) is 35.1 Å². The number of nitrogens with zero attached hydrogens (tertiary/aromatic N) is 2. The second kappa shape index (κ2) is 7.16. The third kappa shape index (κ3) is 3.85. The fourth-order valence-electron chi connectivity index (χ4n) is 2.37. The lowest BCUT2D eigenvalue weighted by atomic mass is 10.1. The Morgan fingerprint density at radius 3 is 2.80 bits per heavy atom. The van der Waals surface area contributed by atoms with Crippen LogP contribution < -0.4 is 15.0 Å². The van der Waals surface area contributed by atoms with Gasteiger partial charge in [0.2, 0.25) is 6.79 Å². The Morgan fingerprint density at radius 2 is 2.00 bits per heavy atom. The van der Waals surface area contributed by atoms with Gasteiger partial charge < -0.3 is 14.2 Å². The van der Waals surface area contributed by atoms with Crippen molar-refractivity contribution < 1.29 is 23.8 Å². The standard InChI is InChI=1S/C17H16N2O6/c1-2-23-17(22)8-12(20)9-19-16(21)6-4-13(18-19)11-3-5-14-15(7-11)25-10-24-14/h3-7H,2,8-10H2,1H3. The molecule has 1 aromatic carbocycles. The Kier molecular flexibility index (Phi) is 4.78. The minimum atomic E-state index is -0.618. The number of hydrogen-bond acceptors (Lipinski definition) is 7. The molecule has 1 aliphatic heterocycles. The summed E-state index contributed by atoms with van der Waals surface area (Å²) < 4.78 is 16.3. The second-order valence-electron chi connectivity index (χ2n) is 5.30. The van der Waals surface area contributed by atoms with Gasteiger partial charge in [0, 0.05) is 11.6 Å². The van der Waals surface area contributed by atoms with Crippen molar-refractivity contribution in [2.45, 2.75) is 19.9 Å². The average Bonchev–Trinajstić information content (AvgIpc) is 3.04. The van der Waals surface area contributed by atoms with E-state index in [-0.39, 0.29) is 19.9 Å². The molecule has 0 saturated carbocycles. The maximum Gasteiger partial charge on any atom is 0.313 e. The highest BCUT2D eigenvalue weighted by Gasteiger charge is 2.16. The zero-order valence-electron chi connectivity index (χ0n) is 13.6. The fraction of sp³-hybridized carbons (Fsp3) is 0.294. The second-order valence-corrected chi connectivity index (χ2v) is 5.30. The van der Waals surface area contributed by atoms with Gasteiger partial charge in [0.05, 0.1) is 12.3 Å². The number of ether oxygens (including phenoxy) is 3. The average molecular weight is 344 g/mol. The van der Waals surface area contributed by atoms with E-state index in [4.69, 9.17) is 14.2 Å². The first-order valence-corrected chi connectivity index (χ1v) is 7.72. The van der Waals surface area contributed by atoms with Crippen molar-refractivity contribution in [3.05, 3.63) is 40.7 Å².